The number of ether oxygens (including phenoxy) is 1. The molecule has 0 fully saturated rings. The number of unbranched alkanes of at least 4 members (excludes halogenated alkanes) is 2. The highest BCUT2D eigenvalue weighted by atomic mass is 32.2. The van der Waals surface area contributed by atoms with Crippen LogP contribution in [0.15, 0.2) is 23.1 Å². The lowest BCUT2D eigenvalue weighted by molar-refractivity contribution is 0.304. The Bertz CT molecular complexity index is 544. The monoisotopic (exact) mass is 267 g/mol. The summed E-state index contributed by atoms with van der Waals surface area (Å²) in [6, 6.07) is 6.31. The number of nitrogens with zero attached hydrogens (tertiary/aromatic N) is 1. The second-order valence-corrected chi connectivity index (χ2v) is 6.11. The number of sulfone groups is 1. The highest BCUT2D eigenvalue weighted by Gasteiger charge is 2.11. The van der Waals surface area contributed by atoms with Gasteiger partial charge in [0.05, 0.1) is 17.1 Å². The van der Waals surface area contributed by atoms with Gasteiger partial charge in [-0.05, 0) is 18.6 Å². The van der Waals surface area contributed by atoms with E-state index in [4.69, 9.17) is 10.00 Å². The maximum absolute atomic E-state index is 11.4. The highest BCUT2D eigenvalue weighted by Crippen LogP contribution is 2.22. The van der Waals surface area contributed by atoms with Gasteiger partial charge < -0.3 is 4.74 Å². The van der Waals surface area contributed by atoms with Gasteiger partial charge in [0.15, 0.2) is 9.84 Å². The molecule has 5 heteroatoms. The van der Waals surface area contributed by atoms with Gasteiger partial charge in [0.25, 0.3) is 0 Å². The van der Waals surface area contributed by atoms with Gasteiger partial charge in [0, 0.05) is 12.3 Å². The largest absolute Gasteiger partial charge is 0.492 e. The van der Waals surface area contributed by atoms with Gasteiger partial charge in [-0.3, -0.25) is 0 Å². The van der Waals surface area contributed by atoms with Crippen LogP contribution in [-0.2, 0) is 9.84 Å². The summed E-state index contributed by atoms with van der Waals surface area (Å²) in [6.45, 7) is 2.58. The van der Waals surface area contributed by atoms with Crippen LogP contribution >= 0.6 is 0 Å². The molecule has 1 rings (SSSR count). The quantitative estimate of drug-likeness (QED) is 0.743. The third kappa shape index (κ3) is 4.04. The Kier molecular flexibility index (Phi) is 5.17. The van der Waals surface area contributed by atoms with Gasteiger partial charge in [0.2, 0.25) is 0 Å². The SMILES string of the molecule is CCCCCOc1cc(S(C)(=O)=O)ccc1C#N. The summed E-state index contributed by atoms with van der Waals surface area (Å²) >= 11 is 0. The lowest BCUT2D eigenvalue weighted by Gasteiger charge is -2.09. The Labute approximate surface area is 108 Å². The third-order valence-corrected chi connectivity index (χ3v) is 3.62. The summed E-state index contributed by atoms with van der Waals surface area (Å²) < 4.78 is 28.3. The van der Waals surface area contributed by atoms with Gasteiger partial charge in [-0.1, -0.05) is 19.8 Å². The fourth-order valence-corrected chi connectivity index (χ4v) is 2.12. The van der Waals surface area contributed by atoms with E-state index in [9.17, 15) is 8.42 Å². The van der Waals surface area contributed by atoms with Crippen LogP contribution in [-0.4, -0.2) is 21.3 Å². The molecule has 0 bridgehead atoms. The van der Waals surface area contributed by atoms with Crippen molar-refractivity contribution in [3.63, 3.8) is 0 Å². The molecule has 0 aliphatic rings. The Balaban J connectivity index is 2.90. The van der Waals surface area contributed by atoms with Crippen molar-refractivity contribution < 1.29 is 13.2 Å². The molecule has 4 nitrogen and oxygen atoms in total. The van der Waals surface area contributed by atoms with E-state index in [1.807, 2.05) is 6.07 Å². The van der Waals surface area contributed by atoms with E-state index in [0.29, 0.717) is 17.9 Å². The molecule has 0 N–H and O–H groups in total. The third-order valence-electron chi connectivity index (χ3n) is 2.51. The van der Waals surface area contributed by atoms with E-state index in [-0.39, 0.29) is 4.90 Å². The highest BCUT2D eigenvalue weighted by molar-refractivity contribution is 7.90. The van der Waals surface area contributed by atoms with Crippen LogP contribution in [0, 0.1) is 11.3 Å². The minimum absolute atomic E-state index is 0.173. The topological polar surface area (TPSA) is 67.2 Å². The molecule has 1 aromatic rings. The van der Waals surface area contributed by atoms with Gasteiger partial charge in [0.1, 0.15) is 11.8 Å². The lowest BCUT2D eigenvalue weighted by Crippen LogP contribution is -2.02. The molecule has 0 aliphatic carbocycles. The predicted molar refractivity (Wildman–Crippen MR) is 69.3 cm³/mol. The van der Waals surface area contributed by atoms with Crippen LogP contribution in [0.1, 0.15) is 31.7 Å². The van der Waals surface area contributed by atoms with Crippen molar-refractivity contribution in [2.75, 3.05) is 12.9 Å². The molecular weight excluding hydrogens is 250 g/mol. The number of nitriles is 1. The Morgan fingerprint density at radius 1 is 1.33 bits per heavy atom. The molecule has 1 aromatic carbocycles. The molecule has 0 atom stereocenters. The minimum atomic E-state index is -3.27. The maximum atomic E-state index is 11.4. The normalized spacial score (nSPS) is 10.9. The summed E-state index contributed by atoms with van der Waals surface area (Å²) in [5.74, 6) is 0.344. The van der Waals surface area contributed by atoms with Crippen molar-refractivity contribution in [2.45, 2.75) is 31.1 Å². The summed E-state index contributed by atoms with van der Waals surface area (Å²) in [4.78, 5) is 0.173. The molecule has 0 unspecified atom stereocenters. The second-order valence-electron chi connectivity index (χ2n) is 4.10. The average Bonchev–Trinajstić information content (AvgIpc) is 2.33. The predicted octanol–water partition coefficient (Wildman–Crippen LogP) is 2.53. The molecular formula is C13H17NO3S. The number of hydrogen-bond donors (Lipinski definition) is 0. The molecule has 0 amide bonds. The fraction of sp³-hybridized carbons (Fsp3) is 0.462. The van der Waals surface area contributed by atoms with Crippen LogP contribution in [0.4, 0.5) is 0 Å². The van der Waals surface area contributed by atoms with Crippen molar-refractivity contribution in [2.24, 2.45) is 0 Å². The molecule has 98 valence electrons. The van der Waals surface area contributed by atoms with E-state index >= 15 is 0 Å². The minimum Gasteiger partial charge on any atom is -0.492 e. The van der Waals surface area contributed by atoms with E-state index in [0.717, 1.165) is 25.5 Å². The van der Waals surface area contributed by atoms with Gasteiger partial charge >= 0.3 is 0 Å². The summed E-state index contributed by atoms with van der Waals surface area (Å²) in [5.41, 5.74) is 0.360. The van der Waals surface area contributed by atoms with Crippen molar-refractivity contribution in [3.8, 4) is 11.8 Å². The van der Waals surface area contributed by atoms with Crippen LogP contribution in [0.5, 0.6) is 5.75 Å². The Morgan fingerprint density at radius 3 is 2.61 bits per heavy atom. The number of hydrogen-bond acceptors (Lipinski definition) is 4. The van der Waals surface area contributed by atoms with Crippen LogP contribution in [0.2, 0.25) is 0 Å². The van der Waals surface area contributed by atoms with Gasteiger partial charge in [-0.25, -0.2) is 8.42 Å². The first-order valence-electron chi connectivity index (χ1n) is 5.86. The molecule has 0 saturated heterocycles. The molecule has 0 heterocycles. The van der Waals surface area contributed by atoms with E-state index in [1.54, 1.807) is 0 Å². The fourth-order valence-electron chi connectivity index (χ4n) is 1.48. The zero-order valence-corrected chi connectivity index (χ0v) is 11.5. The maximum Gasteiger partial charge on any atom is 0.175 e. The van der Waals surface area contributed by atoms with E-state index in [1.165, 1.54) is 18.2 Å². The number of rotatable bonds is 6. The average molecular weight is 267 g/mol. The van der Waals surface area contributed by atoms with Crippen molar-refractivity contribution in [1.82, 2.24) is 0 Å². The number of benzene rings is 1. The second kappa shape index (κ2) is 6.41. The van der Waals surface area contributed by atoms with Crippen molar-refractivity contribution >= 4 is 9.84 Å². The van der Waals surface area contributed by atoms with Crippen LogP contribution < -0.4 is 4.74 Å². The van der Waals surface area contributed by atoms with Gasteiger partial charge in [-0.15, -0.1) is 0 Å². The van der Waals surface area contributed by atoms with Gasteiger partial charge in [-0.2, -0.15) is 5.26 Å². The molecule has 18 heavy (non-hydrogen) atoms. The first-order valence-corrected chi connectivity index (χ1v) is 7.75. The smallest absolute Gasteiger partial charge is 0.175 e. The van der Waals surface area contributed by atoms with E-state index < -0.39 is 9.84 Å². The Morgan fingerprint density at radius 2 is 2.06 bits per heavy atom. The van der Waals surface area contributed by atoms with Crippen LogP contribution in [0.3, 0.4) is 0 Å². The summed E-state index contributed by atoms with van der Waals surface area (Å²) in [5, 5.41) is 8.94. The first kappa shape index (κ1) is 14.5. The molecule has 0 aromatic heterocycles. The molecule has 0 spiro atoms. The Hall–Kier alpha value is -1.54. The van der Waals surface area contributed by atoms with E-state index in [2.05, 4.69) is 6.92 Å². The lowest BCUT2D eigenvalue weighted by atomic mass is 10.2. The first-order chi connectivity index (χ1) is 8.49. The summed E-state index contributed by atoms with van der Waals surface area (Å²) in [7, 11) is -3.27. The summed E-state index contributed by atoms with van der Waals surface area (Å²) in [6.07, 6.45) is 4.16. The molecule has 0 saturated carbocycles. The van der Waals surface area contributed by atoms with Crippen molar-refractivity contribution in [1.29, 1.82) is 5.26 Å². The molecule has 0 aliphatic heterocycles. The van der Waals surface area contributed by atoms with Crippen molar-refractivity contribution in [3.05, 3.63) is 23.8 Å². The van der Waals surface area contributed by atoms with Crippen LogP contribution in [0.25, 0.3) is 0 Å². The standard InChI is InChI=1S/C13H17NO3S/c1-3-4-5-8-17-13-9-12(18(2,15)16)7-6-11(13)10-14/h6-7,9H,3-5,8H2,1-2H3. The molecule has 0 radical (unpaired) electrons. The zero-order valence-electron chi connectivity index (χ0n) is 10.6. The zero-order chi connectivity index (χ0) is 13.6.